The summed E-state index contributed by atoms with van der Waals surface area (Å²) in [6.45, 7) is 1.43. The highest BCUT2D eigenvalue weighted by Gasteiger charge is 2.24. The van der Waals surface area contributed by atoms with E-state index in [9.17, 15) is 0 Å². The summed E-state index contributed by atoms with van der Waals surface area (Å²) in [5.74, 6) is 0. The van der Waals surface area contributed by atoms with E-state index in [0.29, 0.717) is 13.2 Å². The zero-order valence-electron chi connectivity index (χ0n) is 6.91. The molecule has 66 valence electrons. The monoisotopic (exact) mass is 162 g/mol. The van der Waals surface area contributed by atoms with Crippen LogP contribution < -0.4 is 0 Å². The third-order valence-electron chi connectivity index (χ3n) is 1.54. The standard InChI is InChI=1S/C7H14O4/c1-8-6(9-2)7-10-4-3-5-11-7/h6-7H,3-5H2,1-2H3. The SMILES string of the molecule is COC(OC)C1OCCCO1. The molecule has 0 aromatic heterocycles. The Balaban J connectivity index is 2.30. The Morgan fingerprint density at radius 1 is 1.18 bits per heavy atom. The third kappa shape index (κ3) is 2.41. The predicted octanol–water partition coefficient (Wildman–Crippen LogP) is 0.368. The molecule has 0 spiro atoms. The molecule has 0 bridgehead atoms. The molecular weight excluding hydrogens is 148 g/mol. The second kappa shape index (κ2) is 4.66. The highest BCUT2D eigenvalue weighted by atomic mass is 16.8. The molecule has 0 aromatic carbocycles. The maximum atomic E-state index is 5.25. The summed E-state index contributed by atoms with van der Waals surface area (Å²) in [4.78, 5) is 0. The molecule has 1 heterocycles. The van der Waals surface area contributed by atoms with Crippen LogP contribution in [0.3, 0.4) is 0 Å². The fourth-order valence-electron chi connectivity index (χ4n) is 0.982. The van der Waals surface area contributed by atoms with Crippen LogP contribution in [0, 0.1) is 0 Å². The number of hydrogen-bond acceptors (Lipinski definition) is 4. The molecule has 0 aromatic rings. The van der Waals surface area contributed by atoms with E-state index >= 15 is 0 Å². The third-order valence-corrected chi connectivity index (χ3v) is 1.54. The number of ether oxygens (including phenoxy) is 4. The van der Waals surface area contributed by atoms with Gasteiger partial charge in [-0.1, -0.05) is 0 Å². The molecule has 0 atom stereocenters. The van der Waals surface area contributed by atoms with Crippen LogP contribution in [0.5, 0.6) is 0 Å². The van der Waals surface area contributed by atoms with Gasteiger partial charge in [0.25, 0.3) is 0 Å². The van der Waals surface area contributed by atoms with E-state index in [-0.39, 0.29) is 6.29 Å². The first kappa shape index (κ1) is 8.93. The normalized spacial score (nSPS) is 21.0. The van der Waals surface area contributed by atoms with Crippen LogP contribution in [0.1, 0.15) is 6.42 Å². The molecule has 1 rings (SSSR count). The molecule has 4 nitrogen and oxygen atoms in total. The lowest BCUT2D eigenvalue weighted by molar-refractivity contribution is -0.288. The van der Waals surface area contributed by atoms with Crippen LogP contribution in [-0.4, -0.2) is 40.0 Å². The fourth-order valence-corrected chi connectivity index (χ4v) is 0.982. The molecule has 1 aliphatic heterocycles. The first-order chi connectivity index (χ1) is 5.38. The maximum Gasteiger partial charge on any atom is 0.209 e. The van der Waals surface area contributed by atoms with Crippen molar-refractivity contribution in [1.29, 1.82) is 0 Å². The second-order valence-electron chi connectivity index (χ2n) is 2.30. The summed E-state index contributed by atoms with van der Waals surface area (Å²) >= 11 is 0. The lowest BCUT2D eigenvalue weighted by atomic mass is 10.4. The number of methoxy groups -OCH3 is 2. The molecule has 1 fully saturated rings. The Morgan fingerprint density at radius 3 is 2.18 bits per heavy atom. The van der Waals surface area contributed by atoms with Gasteiger partial charge in [0.05, 0.1) is 13.2 Å². The molecule has 0 saturated carbocycles. The van der Waals surface area contributed by atoms with Crippen LogP contribution in [0.4, 0.5) is 0 Å². The van der Waals surface area contributed by atoms with Crippen molar-refractivity contribution in [1.82, 2.24) is 0 Å². The average Bonchev–Trinajstić information content (AvgIpc) is 2.09. The molecule has 0 unspecified atom stereocenters. The highest BCUT2D eigenvalue weighted by Crippen LogP contribution is 2.11. The average molecular weight is 162 g/mol. The summed E-state index contributed by atoms with van der Waals surface area (Å²) in [5, 5.41) is 0. The van der Waals surface area contributed by atoms with Crippen LogP contribution in [-0.2, 0) is 18.9 Å². The van der Waals surface area contributed by atoms with Crippen molar-refractivity contribution in [3.63, 3.8) is 0 Å². The van der Waals surface area contributed by atoms with Crippen molar-refractivity contribution in [3.05, 3.63) is 0 Å². The fraction of sp³-hybridized carbons (Fsp3) is 1.00. The van der Waals surface area contributed by atoms with Crippen molar-refractivity contribution >= 4 is 0 Å². The van der Waals surface area contributed by atoms with Gasteiger partial charge in [0, 0.05) is 14.2 Å². The Bertz CT molecular complexity index is 96.6. The zero-order chi connectivity index (χ0) is 8.10. The summed E-state index contributed by atoms with van der Waals surface area (Å²) in [6.07, 6.45) is 0.172. The van der Waals surface area contributed by atoms with Crippen molar-refractivity contribution < 1.29 is 18.9 Å². The Hall–Kier alpha value is -0.160. The topological polar surface area (TPSA) is 36.9 Å². The Morgan fingerprint density at radius 2 is 1.73 bits per heavy atom. The number of rotatable bonds is 3. The first-order valence-corrected chi connectivity index (χ1v) is 3.67. The van der Waals surface area contributed by atoms with Crippen LogP contribution in [0.2, 0.25) is 0 Å². The summed E-state index contributed by atoms with van der Waals surface area (Å²) < 4.78 is 20.4. The van der Waals surface area contributed by atoms with Gasteiger partial charge in [-0.15, -0.1) is 0 Å². The van der Waals surface area contributed by atoms with E-state index < -0.39 is 6.29 Å². The molecule has 1 saturated heterocycles. The largest absolute Gasteiger partial charge is 0.351 e. The van der Waals surface area contributed by atoms with Crippen molar-refractivity contribution in [2.45, 2.75) is 19.0 Å². The lowest BCUT2D eigenvalue weighted by Crippen LogP contribution is -2.38. The minimum atomic E-state index is -0.407. The summed E-state index contributed by atoms with van der Waals surface area (Å²) in [5.41, 5.74) is 0. The maximum absolute atomic E-state index is 5.25. The van der Waals surface area contributed by atoms with Crippen LogP contribution in [0.15, 0.2) is 0 Å². The van der Waals surface area contributed by atoms with Crippen LogP contribution >= 0.6 is 0 Å². The molecule has 0 aliphatic carbocycles. The van der Waals surface area contributed by atoms with Gasteiger partial charge in [-0.05, 0) is 6.42 Å². The Kier molecular flexibility index (Phi) is 3.79. The van der Waals surface area contributed by atoms with Gasteiger partial charge in [-0.2, -0.15) is 0 Å². The minimum absolute atomic E-state index is 0.362. The quantitative estimate of drug-likeness (QED) is 0.562. The zero-order valence-corrected chi connectivity index (χ0v) is 6.91. The van der Waals surface area contributed by atoms with Gasteiger partial charge in [-0.3, -0.25) is 0 Å². The lowest BCUT2D eigenvalue weighted by Gasteiger charge is -2.28. The minimum Gasteiger partial charge on any atom is -0.351 e. The van der Waals surface area contributed by atoms with Gasteiger partial charge >= 0.3 is 0 Å². The molecule has 0 N–H and O–H groups in total. The van der Waals surface area contributed by atoms with Crippen molar-refractivity contribution in [3.8, 4) is 0 Å². The van der Waals surface area contributed by atoms with E-state index in [1.807, 2.05) is 0 Å². The van der Waals surface area contributed by atoms with Gasteiger partial charge < -0.3 is 18.9 Å². The molecule has 1 aliphatic rings. The van der Waals surface area contributed by atoms with E-state index in [0.717, 1.165) is 6.42 Å². The Labute approximate surface area is 66.4 Å². The smallest absolute Gasteiger partial charge is 0.209 e. The summed E-state index contributed by atoms with van der Waals surface area (Å²) in [6, 6.07) is 0. The van der Waals surface area contributed by atoms with E-state index in [1.54, 1.807) is 14.2 Å². The van der Waals surface area contributed by atoms with Crippen molar-refractivity contribution in [2.24, 2.45) is 0 Å². The first-order valence-electron chi connectivity index (χ1n) is 3.67. The predicted molar refractivity (Wildman–Crippen MR) is 38.1 cm³/mol. The van der Waals surface area contributed by atoms with Crippen molar-refractivity contribution in [2.75, 3.05) is 27.4 Å². The molecule has 11 heavy (non-hydrogen) atoms. The molecular formula is C7H14O4. The molecule has 0 radical (unpaired) electrons. The molecule has 0 amide bonds. The number of hydrogen-bond donors (Lipinski definition) is 0. The highest BCUT2D eigenvalue weighted by molar-refractivity contribution is 4.54. The second-order valence-corrected chi connectivity index (χ2v) is 2.30. The molecule has 4 heteroatoms. The van der Waals surface area contributed by atoms with E-state index in [4.69, 9.17) is 18.9 Å². The van der Waals surface area contributed by atoms with Gasteiger partial charge in [0.2, 0.25) is 12.6 Å². The van der Waals surface area contributed by atoms with E-state index in [1.165, 1.54) is 0 Å². The van der Waals surface area contributed by atoms with Gasteiger partial charge in [0.1, 0.15) is 0 Å². The van der Waals surface area contributed by atoms with Gasteiger partial charge in [-0.25, -0.2) is 0 Å². The summed E-state index contributed by atoms with van der Waals surface area (Å²) in [7, 11) is 3.13. The van der Waals surface area contributed by atoms with Gasteiger partial charge in [0.15, 0.2) is 0 Å². The van der Waals surface area contributed by atoms with E-state index in [2.05, 4.69) is 0 Å². The van der Waals surface area contributed by atoms with Crippen LogP contribution in [0.25, 0.3) is 0 Å².